The summed E-state index contributed by atoms with van der Waals surface area (Å²) in [4.78, 5) is 20.4. The number of methoxy groups -OCH3 is 1. The first-order valence-corrected chi connectivity index (χ1v) is 7.51. The SMILES string of the molecule is COC(=O)N1[C@H](C)CN(c2ccc(C(C)C)cn2)C[C@@H]1C. The van der Waals surface area contributed by atoms with Crippen LogP contribution in [0.25, 0.3) is 0 Å². The number of carbonyl (C=O) groups is 1. The standard InChI is InChI=1S/C16H25N3O2/c1-11(2)14-6-7-15(17-8-14)18-9-12(3)19(13(4)10-18)16(20)21-5/h6-8,11-13H,9-10H2,1-5H3/t12-,13+. The van der Waals surface area contributed by atoms with Crippen LogP contribution < -0.4 is 4.90 Å². The maximum Gasteiger partial charge on any atom is 0.410 e. The van der Waals surface area contributed by atoms with E-state index in [0.717, 1.165) is 18.9 Å². The van der Waals surface area contributed by atoms with Gasteiger partial charge in [-0.3, -0.25) is 4.90 Å². The van der Waals surface area contributed by atoms with Gasteiger partial charge in [0.15, 0.2) is 0 Å². The number of hydrogen-bond donors (Lipinski definition) is 0. The van der Waals surface area contributed by atoms with E-state index in [2.05, 4.69) is 35.9 Å². The van der Waals surface area contributed by atoms with E-state index in [4.69, 9.17) is 4.74 Å². The summed E-state index contributed by atoms with van der Waals surface area (Å²) in [7, 11) is 1.43. The van der Waals surface area contributed by atoms with Crippen LogP contribution in [0.15, 0.2) is 18.3 Å². The lowest BCUT2D eigenvalue weighted by molar-refractivity contribution is 0.0818. The zero-order valence-electron chi connectivity index (χ0n) is 13.5. The minimum atomic E-state index is -0.252. The monoisotopic (exact) mass is 291 g/mol. The zero-order valence-corrected chi connectivity index (χ0v) is 13.5. The van der Waals surface area contributed by atoms with Crippen molar-refractivity contribution >= 4 is 11.9 Å². The fourth-order valence-electron chi connectivity index (χ4n) is 2.90. The third-order valence-corrected chi connectivity index (χ3v) is 4.07. The molecule has 2 atom stereocenters. The lowest BCUT2D eigenvalue weighted by atomic mass is 10.1. The zero-order chi connectivity index (χ0) is 15.6. The van der Waals surface area contributed by atoms with E-state index in [9.17, 15) is 4.79 Å². The van der Waals surface area contributed by atoms with Crippen molar-refractivity contribution in [2.45, 2.75) is 45.7 Å². The highest BCUT2D eigenvalue weighted by atomic mass is 16.5. The molecule has 5 heteroatoms. The highest BCUT2D eigenvalue weighted by Crippen LogP contribution is 2.23. The Balaban J connectivity index is 2.11. The van der Waals surface area contributed by atoms with Gasteiger partial charge in [-0.2, -0.15) is 0 Å². The van der Waals surface area contributed by atoms with Gasteiger partial charge in [0.05, 0.1) is 19.2 Å². The summed E-state index contributed by atoms with van der Waals surface area (Å²) in [5.74, 6) is 1.46. The minimum absolute atomic E-state index is 0.104. The average molecular weight is 291 g/mol. The molecule has 1 saturated heterocycles. The molecule has 0 unspecified atom stereocenters. The van der Waals surface area contributed by atoms with E-state index in [1.54, 1.807) is 4.90 Å². The van der Waals surface area contributed by atoms with Gasteiger partial charge in [0.25, 0.3) is 0 Å². The van der Waals surface area contributed by atoms with E-state index < -0.39 is 0 Å². The van der Waals surface area contributed by atoms with Gasteiger partial charge in [-0.1, -0.05) is 19.9 Å². The van der Waals surface area contributed by atoms with E-state index in [1.807, 2.05) is 20.0 Å². The molecule has 116 valence electrons. The van der Waals surface area contributed by atoms with E-state index in [1.165, 1.54) is 12.7 Å². The van der Waals surface area contributed by atoms with Gasteiger partial charge < -0.3 is 9.64 Å². The first-order valence-electron chi connectivity index (χ1n) is 7.51. The summed E-state index contributed by atoms with van der Waals surface area (Å²) in [5.41, 5.74) is 1.24. The van der Waals surface area contributed by atoms with Crippen molar-refractivity contribution < 1.29 is 9.53 Å². The van der Waals surface area contributed by atoms with Crippen molar-refractivity contribution in [3.05, 3.63) is 23.9 Å². The molecule has 0 bridgehead atoms. The van der Waals surface area contributed by atoms with Gasteiger partial charge in [0.1, 0.15) is 5.82 Å². The quantitative estimate of drug-likeness (QED) is 0.840. The molecule has 0 radical (unpaired) electrons. The number of ether oxygens (including phenoxy) is 1. The van der Waals surface area contributed by atoms with Gasteiger partial charge in [0.2, 0.25) is 0 Å². The maximum atomic E-state index is 11.8. The smallest absolute Gasteiger partial charge is 0.410 e. The summed E-state index contributed by atoms with van der Waals surface area (Å²) >= 11 is 0. The van der Waals surface area contributed by atoms with Crippen molar-refractivity contribution in [3.8, 4) is 0 Å². The summed E-state index contributed by atoms with van der Waals surface area (Å²) in [6.07, 6.45) is 1.69. The fraction of sp³-hybridized carbons (Fsp3) is 0.625. The topological polar surface area (TPSA) is 45.7 Å². The van der Waals surface area contributed by atoms with Crippen molar-refractivity contribution in [2.24, 2.45) is 0 Å². The van der Waals surface area contributed by atoms with Gasteiger partial charge in [-0.15, -0.1) is 0 Å². The van der Waals surface area contributed by atoms with Crippen LogP contribution in [0.2, 0.25) is 0 Å². The number of rotatable bonds is 2. The summed E-state index contributed by atoms with van der Waals surface area (Å²) in [6.45, 7) is 9.96. The number of nitrogens with zero attached hydrogens (tertiary/aromatic N) is 3. The second-order valence-corrected chi connectivity index (χ2v) is 6.08. The molecule has 0 spiro atoms. The van der Waals surface area contributed by atoms with Crippen LogP contribution in [-0.4, -0.2) is 48.3 Å². The average Bonchev–Trinajstić information content (AvgIpc) is 2.46. The van der Waals surface area contributed by atoms with Crippen LogP contribution in [0.5, 0.6) is 0 Å². The largest absolute Gasteiger partial charge is 0.453 e. The molecule has 1 aromatic heterocycles. The van der Waals surface area contributed by atoms with Crippen LogP contribution in [0, 0.1) is 0 Å². The van der Waals surface area contributed by atoms with Crippen LogP contribution in [0.1, 0.15) is 39.2 Å². The first kappa shape index (κ1) is 15.6. The van der Waals surface area contributed by atoms with Crippen molar-refractivity contribution in [2.75, 3.05) is 25.1 Å². The van der Waals surface area contributed by atoms with Crippen LogP contribution >= 0.6 is 0 Å². The molecule has 5 nitrogen and oxygen atoms in total. The number of hydrogen-bond acceptors (Lipinski definition) is 4. The fourth-order valence-corrected chi connectivity index (χ4v) is 2.90. The van der Waals surface area contributed by atoms with E-state index in [-0.39, 0.29) is 18.2 Å². The molecule has 1 aromatic rings. The molecule has 1 aliphatic rings. The minimum Gasteiger partial charge on any atom is -0.453 e. The predicted molar refractivity (Wildman–Crippen MR) is 83.7 cm³/mol. The Morgan fingerprint density at radius 1 is 1.29 bits per heavy atom. The van der Waals surface area contributed by atoms with Gasteiger partial charge >= 0.3 is 6.09 Å². The normalized spacial score (nSPS) is 22.6. The number of aromatic nitrogens is 1. The Hall–Kier alpha value is -1.78. The molecule has 21 heavy (non-hydrogen) atoms. The highest BCUT2D eigenvalue weighted by Gasteiger charge is 2.33. The van der Waals surface area contributed by atoms with Crippen LogP contribution in [0.3, 0.4) is 0 Å². The van der Waals surface area contributed by atoms with Gasteiger partial charge in [0, 0.05) is 19.3 Å². The Morgan fingerprint density at radius 3 is 2.33 bits per heavy atom. The Labute approximate surface area is 126 Å². The Kier molecular flexibility index (Phi) is 4.70. The lowest BCUT2D eigenvalue weighted by Crippen LogP contribution is -2.58. The Morgan fingerprint density at radius 2 is 1.90 bits per heavy atom. The molecule has 0 N–H and O–H groups in total. The summed E-state index contributed by atoms with van der Waals surface area (Å²) < 4.78 is 4.87. The predicted octanol–water partition coefficient (Wildman–Crippen LogP) is 2.87. The number of piperazine rings is 1. The molecular weight excluding hydrogens is 266 g/mol. The highest BCUT2D eigenvalue weighted by molar-refractivity contribution is 5.69. The lowest BCUT2D eigenvalue weighted by Gasteiger charge is -2.43. The molecule has 0 aromatic carbocycles. The van der Waals surface area contributed by atoms with E-state index >= 15 is 0 Å². The number of amides is 1. The molecule has 0 aliphatic carbocycles. The maximum absolute atomic E-state index is 11.8. The second kappa shape index (κ2) is 6.33. The van der Waals surface area contributed by atoms with Gasteiger partial charge in [-0.05, 0) is 31.4 Å². The molecular formula is C16H25N3O2. The molecule has 2 rings (SSSR count). The number of pyridine rings is 1. The van der Waals surface area contributed by atoms with Crippen LogP contribution in [-0.2, 0) is 4.74 Å². The summed E-state index contributed by atoms with van der Waals surface area (Å²) in [5, 5.41) is 0. The molecule has 1 amide bonds. The third-order valence-electron chi connectivity index (χ3n) is 4.07. The third kappa shape index (κ3) is 3.28. The number of carbonyl (C=O) groups excluding carboxylic acids is 1. The van der Waals surface area contributed by atoms with E-state index in [0.29, 0.717) is 5.92 Å². The molecule has 2 heterocycles. The van der Waals surface area contributed by atoms with Crippen LogP contribution in [0.4, 0.5) is 10.6 Å². The second-order valence-electron chi connectivity index (χ2n) is 6.08. The first-order chi connectivity index (χ1) is 9.93. The Bertz CT molecular complexity index is 475. The van der Waals surface area contributed by atoms with Crippen molar-refractivity contribution in [1.29, 1.82) is 0 Å². The molecule has 1 aliphatic heterocycles. The van der Waals surface area contributed by atoms with Crippen molar-refractivity contribution in [1.82, 2.24) is 9.88 Å². The molecule has 1 fully saturated rings. The molecule has 0 saturated carbocycles. The number of anilines is 1. The van der Waals surface area contributed by atoms with Crippen molar-refractivity contribution in [3.63, 3.8) is 0 Å². The summed E-state index contributed by atoms with van der Waals surface area (Å²) in [6, 6.07) is 4.41. The van der Waals surface area contributed by atoms with Gasteiger partial charge in [-0.25, -0.2) is 9.78 Å².